The van der Waals surface area contributed by atoms with E-state index in [-0.39, 0.29) is 0 Å². The van der Waals surface area contributed by atoms with Crippen LogP contribution in [0.25, 0.3) is 0 Å². The zero-order chi connectivity index (χ0) is 14.2. The first-order valence-corrected chi connectivity index (χ1v) is 7.48. The minimum Gasteiger partial charge on any atom is -0.493 e. The number of thioether (sulfide) groups is 1. The number of ether oxygens (including phenoxy) is 1. The molecule has 0 heterocycles. The molecule has 0 radical (unpaired) electrons. The van der Waals surface area contributed by atoms with Gasteiger partial charge in [-0.25, -0.2) is 0 Å². The molecule has 0 aliphatic heterocycles. The lowest BCUT2D eigenvalue weighted by Crippen LogP contribution is -2.00. The number of hydrogen-bond acceptors (Lipinski definition) is 4. The van der Waals surface area contributed by atoms with Crippen molar-refractivity contribution < 1.29 is 4.74 Å². The van der Waals surface area contributed by atoms with Crippen LogP contribution in [0.3, 0.4) is 0 Å². The minimum absolute atomic E-state index is 0.659. The van der Waals surface area contributed by atoms with Crippen LogP contribution in [0.15, 0.2) is 48.5 Å². The molecule has 2 rings (SSSR count). The van der Waals surface area contributed by atoms with Gasteiger partial charge in [-0.15, -0.1) is 0 Å². The van der Waals surface area contributed by atoms with Crippen LogP contribution in [-0.2, 0) is 5.75 Å². The summed E-state index contributed by atoms with van der Waals surface area (Å²) in [7, 11) is 0. The summed E-state index contributed by atoms with van der Waals surface area (Å²) in [5.41, 5.74) is 8.23. The summed E-state index contributed by atoms with van der Waals surface area (Å²) in [6, 6.07) is 17.2. The highest BCUT2D eigenvalue weighted by molar-refractivity contribution is 7.98. The van der Waals surface area contributed by atoms with Gasteiger partial charge in [0.1, 0.15) is 5.75 Å². The summed E-state index contributed by atoms with van der Waals surface area (Å²) in [6.07, 6.45) is 0. The van der Waals surface area contributed by atoms with E-state index in [1.165, 1.54) is 5.56 Å². The molecule has 102 valence electrons. The standard InChI is InChI=1S/C16H16N2OS/c17-11-13-2-1-3-14(10-13)12-20-9-8-19-16-6-4-15(18)5-7-16/h1-7,10H,8-9,12,18H2. The lowest BCUT2D eigenvalue weighted by Gasteiger charge is -2.06. The van der Waals surface area contributed by atoms with E-state index in [0.29, 0.717) is 12.2 Å². The molecule has 0 amide bonds. The summed E-state index contributed by atoms with van der Waals surface area (Å²) in [4.78, 5) is 0. The number of rotatable bonds is 6. The van der Waals surface area contributed by atoms with E-state index in [0.717, 1.165) is 22.9 Å². The number of nitriles is 1. The van der Waals surface area contributed by atoms with Gasteiger partial charge in [0.2, 0.25) is 0 Å². The van der Waals surface area contributed by atoms with Crippen LogP contribution in [-0.4, -0.2) is 12.4 Å². The van der Waals surface area contributed by atoms with Crippen LogP contribution in [0.1, 0.15) is 11.1 Å². The van der Waals surface area contributed by atoms with Crippen LogP contribution in [0.2, 0.25) is 0 Å². The van der Waals surface area contributed by atoms with Gasteiger partial charge >= 0.3 is 0 Å². The van der Waals surface area contributed by atoms with Crippen molar-refractivity contribution in [1.29, 1.82) is 5.26 Å². The van der Waals surface area contributed by atoms with Gasteiger partial charge in [0.15, 0.2) is 0 Å². The van der Waals surface area contributed by atoms with E-state index in [9.17, 15) is 0 Å². The lowest BCUT2D eigenvalue weighted by molar-refractivity contribution is 0.344. The second kappa shape index (κ2) is 7.46. The SMILES string of the molecule is N#Cc1cccc(CSCCOc2ccc(N)cc2)c1. The van der Waals surface area contributed by atoms with Crippen molar-refractivity contribution in [3.63, 3.8) is 0 Å². The molecule has 2 aromatic carbocycles. The van der Waals surface area contributed by atoms with Crippen LogP contribution >= 0.6 is 11.8 Å². The van der Waals surface area contributed by atoms with Gasteiger partial charge in [-0.1, -0.05) is 12.1 Å². The maximum Gasteiger partial charge on any atom is 0.119 e. The highest BCUT2D eigenvalue weighted by atomic mass is 32.2. The van der Waals surface area contributed by atoms with Gasteiger partial charge in [-0.2, -0.15) is 17.0 Å². The van der Waals surface area contributed by atoms with E-state index in [1.54, 1.807) is 11.8 Å². The third-order valence-corrected chi connectivity index (χ3v) is 3.69. The fraction of sp³-hybridized carbons (Fsp3) is 0.188. The van der Waals surface area contributed by atoms with Crippen LogP contribution in [0.4, 0.5) is 5.69 Å². The van der Waals surface area contributed by atoms with Crippen molar-refractivity contribution in [3.8, 4) is 11.8 Å². The average Bonchev–Trinajstić information content (AvgIpc) is 2.49. The first-order valence-electron chi connectivity index (χ1n) is 6.33. The summed E-state index contributed by atoms with van der Waals surface area (Å²) in [6.45, 7) is 0.659. The van der Waals surface area contributed by atoms with Crippen molar-refractivity contribution in [3.05, 3.63) is 59.7 Å². The van der Waals surface area contributed by atoms with Gasteiger partial charge in [-0.05, 0) is 42.0 Å². The summed E-state index contributed by atoms with van der Waals surface area (Å²) in [5, 5.41) is 8.83. The third kappa shape index (κ3) is 4.52. The average molecular weight is 284 g/mol. The molecule has 20 heavy (non-hydrogen) atoms. The Morgan fingerprint density at radius 3 is 2.70 bits per heavy atom. The molecule has 0 aliphatic carbocycles. The molecule has 0 saturated carbocycles. The van der Waals surface area contributed by atoms with Crippen LogP contribution in [0.5, 0.6) is 5.75 Å². The van der Waals surface area contributed by atoms with Crippen molar-refractivity contribution in [2.24, 2.45) is 0 Å². The summed E-state index contributed by atoms with van der Waals surface area (Å²) >= 11 is 1.79. The Kier molecular flexibility index (Phi) is 5.33. The van der Waals surface area contributed by atoms with Gasteiger partial charge in [0.05, 0.1) is 18.2 Å². The topological polar surface area (TPSA) is 59.0 Å². The number of anilines is 1. The quantitative estimate of drug-likeness (QED) is 0.652. The van der Waals surface area contributed by atoms with Crippen molar-refractivity contribution >= 4 is 17.4 Å². The predicted molar refractivity (Wildman–Crippen MR) is 83.7 cm³/mol. The molecule has 4 heteroatoms. The van der Waals surface area contributed by atoms with E-state index >= 15 is 0 Å². The van der Waals surface area contributed by atoms with E-state index in [1.807, 2.05) is 48.5 Å². The largest absolute Gasteiger partial charge is 0.493 e. The Balaban J connectivity index is 1.69. The van der Waals surface area contributed by atoms with Crippen molar-refractivity contribution in [2.75, 3.05) is 18.1 Å². The molecule has 0 spiro atoms. The van der Waals surface area contributed by atoms with Crippen LogP contribution < -0.4 is 10.5 Å². The first kappa shape index (κ1) is 14.3. The molecule has 0 saturated heterocycles. The number of benzene rings is 2. The molecule has 2 aromatic rings. The molecule has 2 N–H and O–H groups in total. The van der Waals surface area contributed by atoms with E-state index in [4.69, 9.17) is 15.7 Å². The zero-order valence-corrected chi connectivity index (χ0v) is 11.9. The molecule has 0 atom stereocenters. The maximum atomic E-state index is 8.83. The second-order valence-corrected chi connectivity index (χ2v) is 5.39. The molecule has 0 fully saturated rings. The highest BCUT2D eigenvalue weighted by Crippen LogP contribution is 2.16. The van der Waals surface area contributed by atoms with Gasteiger partial charge in [-0.3, -0.25) is 0 Å². The van der Waals surface area contributed by atoms with Gasteiger partial charge < -0.3 is 10.5 Å². The number of nitrogen functional groups attached to an aromatic ring is 1. The minimum atomic E-state index is 0.659. The number of hydrogen-bond donors (Lipinski definition) is 1. The smallest absolute Gasteiger partial charge is 0.119 e. The fourth-order valence-corrected chi connectivity index (χ4v) is 2.46. The molecule has 0 aromatic heterocycles. The van der Waals surface area contributed by atoms with Gasteiger partial charge in [0.25, 0.3) is 0 Å². The lowest BCUT2D eigenvalue weighted by atomic mass is 10.2. The summed E-state index contributed by atoms with van der Waals surface area (Å²) in [5.74, 6) is 2.63. The van der Waals surface area contributed by atoms with E-state index in [2.05, 4.69) is 6.07 Å². The molecular weight excluding hydrogens is 268 g/mol. The predicted octanol–water partition coefficient (Wildman–Crippen LogP) is 3.45. The highest BCUT2D eigenvalue weighted by Gasteiger charge is 1.97. The zero-order valence-electron chi connectivity index (χ0n) is 11.1. The Labute approximate surface area is 123 Å². The summed E-state index contributed by atoms with van der Waals surface area (Å²) < 4.78 is 5.62. The normalized spacial score (nSPS) is 9.95. The second-order valence-electron chi connectivity index (χ2n) is 4.28. The maximum absolute atomic E-state index is 8.83. The Morgan fingerprint density at radius 1 is 1.15 bits per heavy atom. The van der Waals surface area contributed by atoms with Gasteiger partial charge in [0, 0.05) is 17.2 Å². The molecular formula is C16H16N2OS. The molecule has 0 bridgehead atoms. The Morgan fingerprint density at radius 2 is 1.95 bits per heavy atom. The number of nitrogens with zero attached hydrogens (tertiary/aromatic N) is 1. The number of nitrogens with two attached hydrogens (primary N) is 1. The molecule has 0 unspecified atom stereocenters. The molecule has 3 nitrogen and oxygen atoms in total. The van der Waals surface area contributed by atoms with Crippen molar-refractivity contribution in [2.45, 2.75) is 5.75 Å². The fourth-order valence-electron chi connectivity index (χ4n) is 1.70. The third-order valence-electron chi connectivity index (χ3n) is 2.70. The molecule has 0 aliphatic rings. The Bertz CT molecular complexity index is 590. The Hall–Kier alpha value is -2.12. The first-order chi connectivity index (χ1) is 9.78. The van der Waals surface area contributed by atoms with Crippen LogP contribution in [0, 0.1) is 11.3 Å². The van der Waals surface area contributed by atoms with Crippen molar-refractivity contribution in [1.82, 2.24) is 0 Å². The van der Waals surface area contributed by atoms with E-state index < -0.39 is 0 Å². The monoisotopic (exact) mass is 284 g/mol.